The van der Waals surface area contributed by atoms with Gasteiger partial charge in [-0.1, -0.05) is 30.3 Å². The van der Waals surface area contributed by atoms with Crippen molar-refractivity contribution in [3.8, 4) is 16.9 Å². The molecule has 2 amide bonds. The molecule has 1 unspecified atom stereocenters. The van der Waals surface area contributed by atoms with Crippen LogP contribution in [0.1, 0.15) is 18.1 Å². The zero-order valence-electron chi connectivity index (χ0n) is 14.7. The quantitative estimate of drug-likeness (QED) is 0.880. The standard InChI is InChI=1S/C20H24N2O3/c1-14-11-18-12-17(7-8-19(18)25-14)16-5-3-15(4-6-16)13-21-20(24)22(2)9-10-23/h3-8,12,14,23H,9-11,13H2,1-2H3,(H,21,24). The lowest BCUT2D eigenvalue weighted by Gasteiger charge is -2.16. The van der Waals surface area contributed by atoms with E-state index in [2.05, 4.69) is 36.5 Å². The molecular formula is C20H24N2O3. The first-order valence-corrected chi connectivity index (χ1v) is 8.55. The molecule has 0 bridgehead atoms. The van der Waals surface area contributed by atoms with Crippen LogP contribution >= 0.6 is 0 Å². The van der Waals surface area contributed by atoms with Crippen LogP contribution in [0, 0.1) is 0 Å². The monoisotopic (exact) mass is 340 g/mol. The van der Waals surface area contributed by atoms with E-state index in [1.54, 1.807) is 7.05 Å². The van der Waals surface area contributed by atoms with Crippen molar-refractivity contribution < 1.29 is 14.6 Å². The van der Waals surface area contributed by atoms with E-state index in [1.807, 2.05) is 18.2 Å². The third kappa shape index (κ3) is 4.12. The SMILES string of the molecule is CC1Cc2cc(-c3ccc(CNC(=O)N(C)CCO)cc3)ccc2O1. The molecule has 3 rings (SSSR count). The van der Waals surface area contributed by atoms with Gasteiger partial charge in [0.15, 0.2) is 0 Å². The number of carbonyl (C=O) groups is 1. The Bertz CT molecular complexity index is 743. The zero-order chi connectivity index (χ0) is 17.8. The molecule has 0 radical (unpaired) electrons. The molecule has 1 heterocycles. The van der Waals surface area contributed by atoms with Crippen LogP contribution < -0.4 is 10.1 Å². The summed E-state index contributed by atoms with van der Waals surface area (Å²) in [5, 5.41) is 11.7. The molecule has 132 valence electrons. The lowest BCUT2D eigenvalue weighted by atomic mass is 10.00. The van der Waals surface area contributed by atoms with Gasteiger partial charge in [0.1, 0.15) is 11.9 Å². The third-order valence-electron chi connectivity index (χ3n) is 4.41. The second kappa shape index (κ2) is 7.57. The highest BCUT2D eigenvalue weighted by Crippen LogP contribution is 2.32. The molecule has 1 aliphatic heterocycles. The van der Waals surface area contributed by atoms with Crippen LogP contribution in [0.25, 0.3) is 11.1 Å². The van der Waals surface area contributed by atoms with Crippen LogP contribution in [0.3, 0.4) is 0 Å². The lowest BCUT2D eigenvalue weighted by Crippen LogP contribution is -2.38. The van der Waals surface area contributed by atoms with Crippen molar-refractivity contribution in [1.82, 2.24) is 10.2 Å². The third-order valence-corrected chi connectivity index (χ3v) is 4.41. The lowest BCUT2D eigenvalue weighted by molar-refractivity contribution is 0.190. The topological polar surface area (TPSA) is 61.8 Å². The minimum absolute atomic E-state index is 0.0385. The maximum Gasteiger partial charge on any atom is 0.317 e. The van der Waals surface area contributed by atoms with E-state index in [-0.39, 0.29) is 18.7 Å². The number of ether oxygens (including phenoxy) is 1. The van der Waals surface area contributed by atoms with Crippen molar-refractivity contribution >= 4 is 6.03 Å². The van der Waals surface area contributed by atoms with Crippen molar-refractivity contribution in [2.45, 2.75) is 26.0 Å². The number of urea groups is 1. The Morgan fingerprint density at radius 2 is 1.96 bits per heavy atom. The molecule has 25 heavy (non-hydrogen) atoms. The van der Waals surface area contributed by atoms with Crippen molar-refractivity contribution in [3.05, 3.63) is 53.6 Å². The van der Waals surface area contributed by atoms with Crippen molar-refractivity contribution in [3.63, 3.8) is 0 Å². The average molecular weight is 340 g/mol. The summed E-state index contributed by atoms with van der Waals surface area (Å²) < 4.78 is 5.75. The molecule has 2 aromatic rings. The molecule has 0 aliphatic carbocycles. The first-order chi connectivity index (χ1) is 12.1. The fourth-order valence-corrected chi connectivity index (χ4v) is 2.98. The van der Waals surface area contributed by atoms with Gasteiger partial charge in [0, 0.05) is 26.6 Å². The van der Waals surface area contributed by atoms with Crippen LogP contribution in [0.5, 0.6) is 5.75 Å². The van der Waals surface area contributed by atoms with E-state index in [0.717, 1.165) is 23.3 Å². The summed E-state index contributed by atoms with van der Waals surface area (Å²) in [6.45, 7) is 2.83. The van der Waals surface area contributed by atoms with E-state index >= 15 is 0 Å². The number of nitrogens with zero attached hydrogens (tertiary/aromatic N) is 1. The summed E-state index contributed by atoms with van der Waals surface area (Å²) in [5.41, 5.74) is 4.62. The summed E-state index contributed by atoms with van der Waals surface area (Å²) >= 11 is 0. The second-order valence-corrected chi connectivity index (χ2v) is 6.46. The second-order valence-electron chi connectivity index (χ2n) is 6.46. The van der Waals surface area contributed by atoms with Crippen molar-refractivity contribution in [2.24, 2.45) is 0 Å². The van der Waals surface area contributed by atoms with Gasteiger partial charge in [-0.2, -0.15) is 0 Å². The number of aliphatic hydroxyl groups excluding tert-OH is 1. The van der Waals surface area contributed by atoms with Crippen LogP contribution in [-0.4, -0.2) is 42.3 Å². The average Bonchev–Trinajstić information content (AvgIpc) is 2.99. The van der Waals surface area contributed by atoms with Gasteiger partial charge in [-0.3, -0.25) is 0 Å². The minimum Gasteiger partial charge on any atom is -0.490 e. The van der Waals surface area contributed by atoms with E-state index < -0.39 is 0 Å². The van der Waals surface area contributed by atoms with Gasteiger partial charge in [-0.05, 0) is 41.3 Å². The molecule has 5 heteroatoms. The molecule has 0 saturated carbocycles. The fraction of sp³-hybridized carbons (Fsp3) is 0.350. The smallest absolute Gasteiger partial charge is 0.317 e. The highest BCUT2D eigenvalue weighted by Gasteiger charge is 2.19. The minimum atomic E-state index is -0.189. The summed E-state index contributed by atoms with van der Waals surface area (Å²) in [4.78, 5) is 13.3. The molecule has 1 atom stereocenters. The van der Waals surface area contributed by atoms with Crippen molar-refractivity contribution in [1.29, 1.82) is 0 Å². The van der Waals surface area contributed by atoms with Crippen LogP contribution in [0.4, 0.5) is 4.79 Å². The molecular weight excluding hydrogens is 316 g/mol. The number of benzene rings is 2. The number of likely N-dealkylation sites (N-methyl/N-ethyl adjacent to an activating group) is 1. The largest absolute Gasteiger partial charge is 0.490 e. The van der Waals surface area contributed by atoms with Crippen LogP contribution in [0.15, 0.2) is 42.5 Å². The van der Waals surface area contributed by atoms with Gasteiger partial charge in [0.2, 0.25) is 0 Å². The number of fused-ring (bicyclic) bond motifs is 1. The summed E-state index contributed by atoms with van der Waals surface area (Å²) in [7, 11) is 1.66. The number of aliphatic hydroxyl groups is 1. The van der Waals surface area contributed by atoms with E-state index in [1.165, 1.54) is 16.0 Å². The molecule has 2 N–H and O–H groups in total. The maximum atomic E-state index is 11.8. The van der Waals surface area contributed by atoms with Gasteiger partial charge in [0.05, 0.1) is 6.61 Å². The first-order valence-electron chi connectivity index (χ1n) is 8.55. The molecule has 0 aromatic heterocycles. The summed E-state index contributed by atoms with van der Waals surface area (Å²) in [5.74, 6) is 0.989. The van der Waals surface area contributed by atoms with E-state index in [9.17, 15) is 4.79 Å². The highest BCUT2D eigenvalue weighted by molar-refractivity contribution is 5.74. The summed E-state index contributed by atoms with van der Waals surface area (Å²) in [6.07, 6.45) is 1.20. The van der Waals surface area contributed by atoms with Crippen LogP contribution in [0.2, 0.25) is 0 Å². The molecule has 2 aromatic carbocycles. The Hall–Kier alpha value is -2.53. The van der Waals surface area contributed by atoms with Gasteiger partial charge >= 0.3 is 6.03 Å². The van der Waals surface area contributed by atoms with Gasteiger partial charge in [0.25, 0.3) is 0 Å². The predicted molar refractivity (Wildman–Crippen MR) is 97.6 cm³/mol. The summed E-state index contributed by atoms with van der Waals surface area (Å²) in [6, 6.07) is 14.3. The molecule has 5 nitrogen and oxygen atoms in total. The van der Waals surface area contributed by atoms with Gasteiger partial charge in [-0.25, -0.2) is 4.79 Å². The Kier molecular flexibility index (Phi) is 5.24. The van der Waals surface area contributed by atoms with Gasteiger partial charge in [-0.15, -0.1) is 0 Å². The van der Waals surface area contributed by atoms with Gasteiger partial charge < -0.3 is 20.1 Å². The fourth-order valence-electron chi connectivity index (χ4n) is 2.98. The van der Waals surface area contributed by atoms with E-state index in [0.29, 0.717) is 13.1 Å². The van der Waals surface area contributed by atoms with Crippen LogP contribution in [-0.2, 0) is 13.0 Å². The highest BCUT2D eigenvalue weighted by atomic mass is 16.5. The predicted octanol–water partition coefficient (Wildman–Crippen LogP) is 2.81. The number of amides is 2. The Labute approximate surface area is 148 Å². The van der Waals surface area contributed by atoms with Crippen molar-refractivity contribution in [2.75, 3.05) is 20.2 Å². The number of nitrogens with one attached hydrogen (secondary N) is 1. The Morgan fingerprint density at radius 1 is 1.24 bits per heavy atom. The Balaban J connectivity index is 1.63. The number of rotatable bonds is 5. The maximum absolute atomic E-state index is 11.8. The first kappa shape index (κ1) is 17.3. The molecule has 0 fully saturated rings. The number of hydrogen-bond acceptors (Lipinski definition) is 3. The van der Waals surface area contributed by atoms with E-state index in [4.69, 9.17) is 9.84 Å². The molecule has 0 saturated heterocycles. The Morgan fingerprint density at radius 3 is 2.68 bits per heavy atom. The normalized spacial score (nSPS) is 15.4. The zero-order valence-corrected chi connectivity index (χ0v) is 14.7. The molecule has 1 aliphatic rings. The molecule has 0 spiro atoms. The number of hydrogen-bond donors (Lipinski definition) is 2. The number of carbonyl (C=O) groups excluding carboxylic acids is 1.